The first-order chi connectivity index (χ1) is 15.7. The second-order valence-corrected chi connectivity index (χ2v) is 7.76. The molecule has 0 saturated heterocycles. The second kappa shape index (κ2) is 10.4. The van der Waals surface area contributed by atoms with Crippen LogP contribution < -0.4 is 0 Å². The summed E-state index contributed by atoms with van der Waals surface area (Å²) in [6, 6.07) is 39.6. The van der Waals surface area contributed by atoms with Crippen LogP contribution in [-0.2, 0) is 15.1 Å². The van der Waals surface area contributed by atoms with Crippen LogP contribution in [0.1, 0.15) is 34.5 Å². The minimum atomic E-state index is -0.820. The maximum Gasteiger partial charge on any atom is 0.141 e. The van der Waals surface area contributed by atoms with Crippen LogP contribution in [-0.4, -0.2) is 18.8 Å². The van der Waals surface area contributed by atoms with Crippen molar-refractivity contribution in [3.05, 3.63) is 144 Å². The fraction of sp³-hybridized carbons (Fsp3) is 0.172. The van der Waals surface area contributed by atoms with E-state index >= 15 is 0 Å². The van der Waals surface area contributed by atoms with Crippen molar-refractivity contribution in [1.82, 2.24) is 0 Å². The molecule has 4 aromatic carbocycles. The van der Waals surface area contributed by atoms with Gasteiger partial charge >= 0.3 is 0 Å². The van der Waals surface area contributed by atoms with E-state index in [1.165, 1.54) is 0 Å². The SMILES string of the molecule is COC(CO[C@@H](c1ccccc1)[C@H](O)c1ccccc1)(c1ccccc1)c1ccccc1. The summed E-state index contributed by atoms with van der Waals surface area (Å²) in [5, 5.41) is 11.3. The lowest BCUT2D eigenvalue weighted by molar-refractivity contribution is -0.110. The number of aliphatic hydroxyl groups is 1. The van der Waals surface area contributed by atoms with Gasteiger partial charge in [0.15, 0.2) is 0 Å². The standard InChI is InChI=1S/C29H28O3/c1-31-29(25-18-10-4-11-19-25,26-20-12-5-13-21-26)22-32-28(24-16-8-3-9-17-24)27(30)23-14-6-2-7-15-23/h2-21,27-28,30H,22H2,1H3/t27-,28+/m1/s1. The number of ether oxygens (including phenoxy) is 2. The summed E-state index contributed by atoms with van der Waals surface area (Å²) in [5.41, 5.74) is 2.90. The van der Waals surface area contributed by atoms with Crippen LogP contribution in [0.4, 0.5) is 0 Å². The maximum atomic E-state index is 11.3. The molecule has 0 amide bonds. The van der Waals surface area contributed by atoms with E-state index in [4.69, 9.17) is 9.47 Å². The second-order valence-electron chi connectivity index (χ2n) is 7.76. The molecule has 4 aromatic rings. The number of hydrogen-bond acceptors (Lipinski definition) is 3. The normalized spacial score (nSPS) is 13.4. The van der Waals surface area contributed by atoms with Gasteiger partial charge in [0.1, 0.15) is 17.8 Å². The molecule has 4 rings (SSSR count). The molecule has 0 bridgehead atoms. The van der Waals surface area contributed by atoms with E-state index in [0.717, 1.165) is 22.3 Å². The quantitative estimate of drug-likeness (QED) is 0.354. The van der Waals surface area contributed by atoms with Gasteiger partial charge in [0.2, 0.25) is 0 Å². The minimum Gasteiger partial charge on any atom is -0.385 e. The van der Waals surface area contributed by atoms with Crippen LogP contribution in [0.15, 0.2) is 121 Å². The van der Waals surface area contributed by atoms with Gasteiger partial charge in [0, 0.05) is 7.11 Å². The molecule has 0 unspecified atom stereocenters. The Morgan fingerprint density at radius 3 is 1.47 bits per heavy atom. The summed E-state index contributed by atoms with van der Waals surface area (Å²) < 4.78 is 12.7. The van der Waals surface area contributed by atoms with Crippen molar-refractivity contribution in [1.29, 1.82) is 0 Å². The van der Waals surface area contributed by atoms with Crippen molar-refractivity contribution in [2.24, 2.45) is 0 Å². The third-order valence-corrected chi connectivity index (χ3v) is 5.85. The van der Waals surface area contributed by atoms with E-state index in [1.54, 1.807) is 7.11 Å². The largest absolute Gasteiger partial charge is 0.385 e. The molecule has 0 heterocycles. The topological polar surface area (TPSA) is 38.7 Å². The van der Waals surface area contributed by atoms with Crippen LogP contribution in [0, 0.1) is 0 Å². The molecule has 0 aliphatic heterocycles. The van der Waals surface area contributed by atoms with Gasteiger partial charge in [-0.1, -0.05) is 121 Å². The average molecular weight is 425 g/mol. The summed E-state index contributed by atoms with van der Waals surface area (Å²) in [6.07, 6.45) is -1.37. The Morgan fingerprint density at radius 2 is 1.03 bits per heavy atom. The third-order valence-electron chi connectivity index (χ3n) is 5.85. The molecule has 3 nitrogen and oxygen atoms in total. The van der Waals surface area contributed by atoms with E-state index < -0.39 is 17.8 Å². The van der Waals surface area contributed by atoms with Crippen LogP contribution in [0.2, 0.25) is 0 Å². The smallest absolute Gasteiger partial charge is 0.141 e. The van der Waals surface area contributed by atoms with Crippen molar-refractivity contribution in [3.63, 3.8) is 0 Å². The fourth-order valence-electron chi connectivity index (χ4n) is 4.09. The predicted molar refractivity (Wildman–Crippen MR) is 127 cm³/mol. The molecule has 0 fully saturated rings. The summed E-state index contributed by atoms with van der Waals surface area (Å²) in [7, 11) is 1.70. The number of aliphatic hydroxyl groups excluding tert-OH is 1. The molecule has 0 aliphatic rings. The molecule has 0 aromatic heterocycles. The summed E-state index contributed by atoms with van der Waals surface area (Å²) >= 11 is 0. The van der Waals surface area contributed by atoms with Crippen molar-refractivity contribution < 1.29 is 14.6 Å². The van der Waals surface area contributed by atoms with E-state index in [2.05, 4.69) is 0 Å². The van der Waals surface area contributed by atoms with E-state index in [0.29, 0.717) is 0 Å². The lowest BCUT2D eigenvalue weighted by Crippen LogP contribution is -2.36. The lowest BCUT2D eigenvalue weighted by atomic mass is 9.86. The van der Waals surface area contributed by atoms with Gasteiger partial charge in [-0.15, -0.1) is 0 Å². The van der Waals surface area contributed by atoms with Crippen LogP contribution in [0.5, 0.6) is 0 Å². The highest BCUT2D eigenvalue weighted by molar-refractivity contribution is 5.37. The average Bonchev–Trinajstić information content (AvgIpc) is 2.89. The number of benzene rings is 4. The Bertz CT molecular complexity index is 1030. The fourth-order valence-corrected chi connectivity index (χ4v) is 4.09. The lowest BCUT2D eigenvalue weighted by Gasteiger charge is -2.36. The van der Waals surface area contributed by atoms with Crippen molar-refractivity contribution in [2.45, 2.75) is 17.8 Å². The Balaban J connectivity index is 1.72. The number of hydrogen-bond donors (Lipinski definition) is 1. The van der Waals surface area contributed by atoms with Crippen molar-refractivity contribution in [2.75, 3.05) is 13.7 Å². The first-order valence-corrected chi connectivity index (χ1v) is 10.8. The molecule has 1 N–H and O–H groups in total. The number of methoxy groups -OCH3 is 1. The van der Waals surface area contributed by atoms with E-state index in [9.17, 15) is 5.11 Å². The highest BCUT2D eigenvalue weighted by Gasteiger charge is 2.37. The van der Waals surface area contributed by atoms with Gasteiger partial charge in [0.25, 0.3) is 0 Å². The van der Waals surface area contributed by atoms with Crippen LogP contribution in [0.25, 0.3) is 0 Å². The molecule has 3 heteroatoms. The monoisotopic (exact) mass is 424 g/mol. The van der Waals surface area contributed by atoms with Crippen molar-refractivity contribution in [3.8, 4) is 0 Å². The highest BCUT2D eigenvalue weighted by Crippen LogP contribution is 2.38. The zero-order valence-electron chi connectivity index (χ0n) is 18.2. The molecule has 0 saturated carbocycles. The van der Waals surface area contributed by atoms with Gasteiger partial charge in [-0.3, -0.25) is 0 Å². The first kappa shape index (κ1) is 22.0. The van der Waals surface area contributed by atoms with Gasteiger partial charge in [-0.2, -0.15) is 0 Å². The van der Waals surface area contributed by atoms with E-state index in [1.807, 2.05) is 121 Å². The Kier molecular flexibility index (Phi) is 7.13. The summed E-state index contributed by atoms with van der Waals surface area (Å²) in [4.78, 5) is 0. The van der Waals surface area contributed by atoms with Gasteiger partial charge in [0.05, 0.1) is 6.61 Å². The first-order valence-electron chi connectivity index (χ1n) is 10.8. The molecule has 0 spiro atoms. The Morgan fingerprint density at radius 1 is 0.625 bits per heavy atom. The molecular formula is C29H28O3. The minimum absolute atomic E-state index is 0.237. The molecular weight excluding hydrogens is 396 g/mol. The Labute approximate surface area is 189 Å². The zero-order chi connectivity index (χ0) is 22.2. The predicted octanol–water partition coefficient (Wildman–Crippen LogP) is 6.07. The van der Waals surface area contributed by atoms with Crippen molar-refractivity contribution >= 4 is 0 Å². The zero-order valence-corrected chi connectivity index (χ0v) is 18.2. The Hall–Kier alpha value is -3.24. The summed E-state index contributed by atoms with van der Waals surface area (Å²) in [6.45, 7) is 0.237. The van der Waals surface area contributed by atoms with E-state index in [-0.39, 0.29) is 6.61 Å². The highest BCUT2D eigenvalue weighted by atomic mass is 16.5. The van der Waals surface area contributed by atoms with Crippen LogP contribution >= 0.6 is 0 Å². The maximum absolute atomic E-state index is 11.3. The molecule has 32 heavy (non-hydrogen) atoms. The number of rotatable bonds is 9. The van der Waals surface area contributed by atoms with Gasteiger partial charge < -0.3 is 14.6 Å². The van der Waals surface area contributed by atoms with Gasteiger partial charge in [-0.25, -0.2) is 0 Å². The summed E-state index contributed by atoms with van der Waals surface area (Å²) in [5.74, 6) is 0. The van der Waals surface area contributed by atoms with Crippen LogP contribution in [0.3, 0.4) is 0 Å². The molecule has 2 atom stereocenters. The third kappa shape index (κ3) is 4.66. The molecule has 162 valence electrons. The molecule has 0 aliphatic carbocycles. The molecule has 0 radical (unpaired) electrons. The van der Waals surface area contributed by atoms with Gasteiger partial charge in [-0.05, 0) is 22.3 Å².